The van der Waals surface area contributed by atoms with Crippen LogP contribution in [0.15, 0.2) is 12.8 Å². The molecule has 0 aliphatic carbocycles. The Balaban J connectivity index is 3.13. The van der Waals surface area contributed by atoms with Gasteiger partial charge in [0.1, 0.15) is 18.8 Å². The first-order valence-corrected chi connectivity index (χ1v) is 4.86. The van der Waals surface area contributed by atoms with Gasteiger partial charge in [0.2, 0.25) is 11.6 Å². The number of hydrogen-bond donors (Lipinski definition) is 1. The summed E-state index contributed by atoms with van der Waals surface area (Å²) < 4.78 is 62.2. The average molecular weight is 280 g/mol. The minimum Gasteiger partial charge on any atom is -0.498 e. The molecule has 0 fully saturated rings. The van der Waals surface area contributed by atoms with Crippen LogP contribution in [0.1, 0.15) is 10.4 Å². The van der Waals surface area contributed by atoms with Crippen LogP contribution in [-0.4, -0.2) is 24.3 Å². The van der Waals surface area contributed by atoms with Crippen LogP contribution in [0.4, 0.5) is 17.6 Å². The number of carboxylic acid groups (broad SMARTS) is 1. The largest absolute Gasteiger partial charge is 0.498 e. The van der Waals surface area contributed by atoms with Gasteiger partial charge < -0.3 is 14.6 Å². The summed E-state index contributed by atoms with van der Waals surface area (Å²) in [7, 11) is 0. The van der Waals surface area contributed by atoms with E-state index in [-0.39, 0.29) is 6.61 Å². The summed E-state index contributed by atoms with van der Waals surface area (Å²) in [5, 5.41) is 8.45. The van der Waals surface area contributed by atoms with Crippen molar-refractivity contribution in [3.05, 3.63) is 41.7 Å². The summed E-state index contributed by atoms with van der Waals surface area (Å²) in [6.07, 6.45) is 1.03. The third kappa shape index (κ3) is 2.95. The van der Waals surface area contributed by atoms with Crippen LogP contribution < -0.4 is 4.74 Å². The monoisotopic (exact) mass is 280 g/mol. The summed E-state index contributed by atoms with van der Waals surface area (Å²) in [6, 6.07) is 0. The SMILES string of the molecule is C=COCCOc1c(F)c(F)c(C(=O)O)c(F)c1F. The summed E-state index contributed by atoms with van der Waals surface area (Å²) in [4.78, 5) is 10.5. The van der Waals surface area contributed by atoms with Crippen LogP contribution in [0, 0.1) is 23.3 Å². The van der Waals surface area contributed by atoms with Crippen LogP contribution in [0.25, 0.3) is 0 Å². The maximum Gasteiger partial charge on any atom is 0.341 e. The highest BCUT2D eigenvalue weighted by Gasteiger charge is 2.30. The Morgan fingerprint density at radius 1 is 1.11 bits per heavy atom. The molecule has 0 aliphatic rings. The van der Waals surface area contributed by atoms with Gasteiger partial charge in [-0.25, -0.2) is 13.6 Å². The fourth-order valence-electron chi connectivity index (χ4n) is 1.20. The van der Waals surface area contributed by atoms with Crippen molar-refractivity contribution in [1.82, 2.24) is 0 Å². The highest BCUT2D eigenvalue weighted by molar-refractivity contribution is 5.88. The Morgan fingerprint density at radius 2 is 1.63 bits per heavy atom. The quantitative estimate of drug-likeness (QED) is 0.376. The number of ether oxygens (including phenoxy) is 2. The van der Waals surface area contributed by atoms with Gasteiger partial charge in [0, 0.05) is 0 Å². The lowest BCUT2D eigenvalue weighted by Crippen LogP contribution is -2.14. The minimum atomic E-state index is -2.13. The molecule has 8 heteroatoms. The van der Waals surface area contributed by atoms with Gasteiger partial charge in [-0.1, -0.05) is 6.58 Å². The summed E-state index contributed by atoms with van der Waals surface area (Å²) >= 11 is 0. The van der Waals surface area contributed by atoms with Gasteiger partial charge in [-0.05, 0) is 0 Å². The molecule has 0 spiro atoms. The van der Waals surface area contributed by atoms with E-state index in [2.05, 4.69) is 16.1 Å². The Hall–Kier alpha value is -2.25. The molecule has 0 unspecified atom stereocenters. The number of carboxylic acids is 1. The molecule has 1 rings (SSSR count). The lowest BCUT2D eigenvalue weighted by atomic mass is 10.1. The van der Waals surface area contributed by atoms with Gasteiger partial charge >= 0.3 is 5.97 Å². The van der Waals surface area contributed by atoms with Crippen molar-refractivity contribution in [3.8, 4) is 5.75 Å². The van der Waals surface area contributed by atoms with Crippen molar-refractivity contribution in [2.45, 2.75) is 0 Å². The Kier molecular flexibility index (Phi) is 4.74. The Bertz CT molecular complexity index is 487. The van der Waals surface area contributed by atoms with Gasteiger partial charge in [-0.2, -0.15) is 8.78 Å². The molecule has 0 bridgehead atoms. The van der Waals surface area contributed by atoms with E-state index in [0.717, 1.165) is 6.26 Å². The molecule has 0 saturated heterocycles. The van der Waals surface area contributed by atoms with Crippen molar-refractivity contribution < 1.29 is 36.9 Å². The Labute approximate surface area is 104 Å². The first-order valence-electron chi connectivity index (χ1n) is 4.86. The zero-order chi connectivity index (χ0) is 14.6. The lowest BCUT2D eigenvalue weighted by molar-refractivity contribution is 0.0682. The number of hydrogen-bond acceptors (Lipinski definition) is 3. The topological polar surface area (TPSA) is 55.8 Å². The van der Waals surface area contributed by atoms with Crippen molar-refractivity contribution in [2.75, 3.05) is 13.2 Å². The van der Waals surface area contributed by atoms with Crippen LogP contribution in [0.5, 0.6) is 5.75 Å². The van der Waals surface area contributed by atoms with Crippen molar-refractivity contribution >= 4 is 5.97 Å². The van der Waals surface area contributed by atoms with Gasteiger partial charge in [0.25, 0.3) is 0 Å². The van der Waals surface area contributed by atoms with Crippen LogP contribution in [-0.2, 0) is 4.74 Å². The third-order valence-electron chi connectivity index (χ3n) is 2.00. The van der Waals surface area contributed by atoms with E-state index in [1.165, 1.54) is 0 Å². The summed E-state index contributed by atoms with van der Waals surface area (Å²) in [5.41, 5.74) is -1.72. The predicted octanol–water partition coefficient (Wildman–Crippen LogP) is 2.48. The smallest absolute Gasteiger partial charge is 0.341 e. The van der Waals surface area contributed by atoms with Gasteiger partial charge in [0.05, 0.1) is 6.26 Å². The zero-order valence-electron chi connectivity index (χ0n) is 9.38. The first-order chi connectivity index (χ1) is 8.91. The average Bonchev–Trinajstić information content (AvgIpc) is 2.35. The minimum absolute atomic E-state index is 0.160. The van der Waals surface area contributed by atoms with E-state index in [0.29, 0.717) is 0 Å². The van der Waals surface area contributed by atoms with Crippen molar-refractivity contribution in [1.29, 1.82) is 0 Å². The van der Waals surface area contributed by atoms with Crippen molar-refractivity contribution in [2.24, 2.45) is 0 Å². The van der Waals surface area contributed by atoms with Gasteiger partial charge in [0.15, 0.2) is 17.4 Å². The van der Waals surface area contributed by atoms with E-state index >= 15 is 0 Å². The number of aromatic carboxylic acids is 1. The molecule has 0 saturated carbocycles. The van der Waals surface area contributed by atoms with Crippen LogP contribution in [0.3, 0.4) is 0 Å². The second kappa shape index (κ2) is 6.07. The van der Waals surface area contributed by atoms with E-state index in [4.69, 9.17) is 5.11 Å². The second-order valence-corrected chi connectivity index (χ2v) is 3.15. The maximum atomic E-state index is 13.3. The van der Waals surface area contributed by atoms with E-state index in [1.54, 1.807) is 0 Å². The van der Waals surface area contributed by atoms with E-state index in [9.17, 15) is 22.4 Å². The molecule has 1 aromatic carbocycles. The predicted molar refractivity (Wildman–Crippen MR) is 54.9 cm³/mol. The standard InChI is InChI=1S/C11H8F4O4/c1-2-18-3-4-19-10-8(14)6(12)5(11(16)17)7(13)9(10)15/h2H,1,3-4H2,(H,16,17). The number of halogens is 4. The van der Waals surface area contributed by atoms with Crippen LogP contribution >= 0.6 is 0 Å². The summed E-state index contributed by atoms with van der Waals surface area (Å²) in [6.45, 7) is 2.62. The molecule has 1 N–H and O–H groups in total. The zero-order valence-corrected chi connectivity index (χ0v) is 9.38. The number of carbonyl (C=O) groups is 1. The number of rotatable bonds is 6. The molecular formula is C11H8F4O4. The normalized spacial score (nSPS) is 10.1. The number of benzene rings is 1. The van der Waals surface area contributed by atoms with E-state index in [1.807, 2.05) is 0 Å². The van der Waals surface area contributed by atoms with E-state index < -0.39 is 47.2 Å². The highest BCUT2D eigenvalue weighted by atomic mass is 19.2. The van der Waals surface area contributed by atoms with Gasteiger partial charge in [-0.3, -0.25) is 0 Å². The first kappa shape index (κ1) is 14.8. The fourth-order valence-corrected chi connectivity index (χ4v) is 1.20. The molecule has 0 amide bonds. The highest BCUT2D eigenvalue weighted by Crippen LogP contribution is 2.29. The Morgan fingerprint density at radius 3 is 2.05 bits per heavy atom. The molecule has 0 atom stereocenters. The van der Waals surface area contributed by atoms with Gasteiger partial charge in [-0.15, -0.1) is 0 Å². The van der Waals surface area contributed by atoms with Crippen molar-refractivity contribution in [3.63, 3.8) is 0 Å². The molecule has 0 radical (unpaired) electrons. The molecule has 0 aromatic heterocycles. The molecule has 4 nitrogen and oxygen atoms in total. The maximum absolute atomic E-state index is 13.3. The molecule has 104 valence electrons. The molecule has 1 aromatic rings. The molecule has 0 aliphatic heterocycles. The second-order valence-electron chi connectivity index (χ2n) is 3.15. The van der Waals surface area contributed by atoms with Crippen LogP contribution in [0.2, 0.25) is 0 Å². The fraction of sp³-hybridized carbons (Fsp3) is 0.182. The lowest BCUT2D eigenvalue weighted by Gasteiger charge is -2.11. The molecular weight excluding hydrogens is 272 g/mol. The molecule has 19 heavy (non-hydrogen) atoms. The molecule has 0 heterocycles. The summed E-state index contributed by atoms with van der Waals surface area (Å²) in [5.74, 6) is -11.4. The third-order valence-corrected chi connectivity index (χ3v) is 2.00.